The molecule has 1 rings (SSSR count). The molecule has 1 unspecified atom stereocenters. The highest BCUT2D eigenvalue weighted by Gasteiger charge is 2.19. The van der Waals surface area contributed by atoms with Gasteiger partial charge in [0.2, 0.25) is 0 Å². The second-order valence-corrected chi connectivity index (χ2v) is 4.71. The third-order valence-electron chi connectivity index (χ3n) is 2.94. The Hall–Kier alpha value is -1.20. The van der Waals surface area contributed by atoms with Crippen LogP contribution < -0.4 is 10.6 Å². The molecule has 0 aliphatic rings. The molecule has 1 heterocycles. The molecule has 0 aliphatic carbocycles. The molecule has 0 aliphatic heterocycles. The second-order valence-electron chi connectivity index (χ2n) is 4.71. The van der Waals surface area contributed by atoms with Crippen LogP contribution in [0.1, 0.15) is 19.4 Å². The molecular formula is C13H23FN4. The molecule has 0 spiro atoms. The van der Waals surface area contributed by atoms with E-state index in [-0.39, 0.29) is 18.4 Å². The molecule has 0 saturated heterocycles. The topological polar surface area (TPSA) is 45.4 Å². The Balaban J connectivity index is 3.01. The van der Waals surface area contributed by atoms with Gasteiger partial charge < -0.3 is 15.5 Å². The maximum absolute atomic E-state index is 14.2. The zero-order chi connectivity index (χ0) is 13.7. The number of nitrogens with zero attached hydrogens (tertiary/aromatic N) is 3. The highest BCUT2D eigenvalue weighted by atomic mass is 19.1. The summed E-state index contributed by atoms with van der Waals surface area (Å²) in [5.41, 5.74) is 6.03. The van der Waals surface area contributed by atoms with E-state index in [1.807, 2.05) is 25.9 Å². The minimum Gasteiger partial charge on any atom is -0.350 e. The van der Waals surface area contributed by atoms with E-state index < -0.39 is 0 Å². The first kappa shape index (κ1) is 14.9. The number of hydrogen-bond acceptors (Lipinski definition) is 4. The van der Waals surface area contributed by atoms with Gasteiger partial charge in [-0.3, -0.25) is 0 Å². The largest absolute Gasteiger partial charge is 0.350 e. The lowest BCUT2D eigenvalue weighted by atomic mass is 10.2. The van der Waals surface area contributed by atoms with Gasteiger partial charge in [-0.2, -0.15) is 0 Å². The van der Waals surface area contributed by atoms with Gasteiger partial charge in [0.15, 0.2) is 11.6 Å². The Kier molecular flexibility index (Phi) is 5.50. The molecule has 1 aromatic heterocycles. The van der Waals surface area contributed by atoms with Crippen molar-refractivity contribution in [3.63, 3.8) is 0 Å². The molecule has 0 radical (unpaired) electrons. The molecule has 102 valence electrons. The second kappa shape index (κ2) is 6.66. The van der Waals surface area contributed by atoms with E-state index in [4.69, 9.17) is 5.73 Å². The van der Waals surface area contributed by atoms with Gasteiger partial charge in [0.05, 0.1) is 0 Å². The minimum atomic E-state index is -0.299. The summed E-state index contributed by atoms with van der Waals surface area (Å²) in [4.78, 5) is 8.21. The van der Waals surface area contributed by atoms with Gasteiger partial charge in [0.1, 0.15) is 0 Å². The highest BCUT2D eigenvalue weighted by molar-refractivity contribution is 5.44. The van der Waals surface area contributed by atoms with Crippen LogP contribution in [0.25, 0.3) is 0 Å². The predicted octanol–water partition coefficient (Wildman–Crippen LogP) is 1.46. The third kappa shape index (κ3) is 3.40. The van der Waals surface area contributed by atoms with Gasteiger partial charge in [-0.05, 0) is 34.0 Å². The van der Waals surface area contributed by atoms with E-state index in [0.717, 1.165) is 6.54 Å². The molecule has 0 aromatic carbocycles. The summed E-state index contributed by atoms with van der Waals surface area (Å²) in [6.07, 6.45) is 1.62. The molecule has 4 nitrogen and oxygen atoms in total. The van der Waals surface area contributed by atoms with Crippen LogP contribution in [0.3, 0.4) is 0 Å². The Morgan fingerprint density at radius 3 is 2.61 bits per heavy atom. The van der Waals surface area contributed by atoms with E-state index in [2.05, 4.69) is 16.8 Å². The van der Waals surface area contributed by atoms with Gasteiger partial charge in [0, 0.05) is 37.4 Å². The van der Waals surface area contributed by atoms with Crippen molar-refractivity contribution in [1.29, 1.82) is 0 Å². The summed E-state index contributed by atoms with van der Waals surface area (Å²) in [5, 5.41) is 0. The van der Waals surface area contributed by atoms with E-state index >= 15 is 0 Å². The molecule has 0 saturated carbocycles. The van der Waals surface area contributed by atoms with Crippen LogP contribution in [-0.2, 0) is 6.54 Å². The van der Waals surface area contributed by atoms with E-state index in [1.54, 1.807) is 12.3 Å². The Morgan fingerprint density at radius 2 is 2.11 bits per heavy atom. The lowest BCUT2D eigenvalue weighted by Crippen LogP contribution is -2.41. The first-order chi connectivity index (χ1) is 8.51. The van der Waals surface area contributed by atoms with Crippen molar-refractivity contribution in [3.05, 3.63) is 23.6 Å². The smallest absolute Gasteiger partial charge is 0.170 e. The van der Waals surface area contributed by atoms with Crippen LogP contribution in [0.4, 0.5) is 10.2 Å². The number of pyridine rings is 1. The molecule has 0 amide bonds. The number of likely N-dealkylation sites (N-methyl/N-ethyl adjacent to an activating group) is 2. The van der Waals surface area contributed by atoms with E-state index in [0.29, 0.717) is 17.9 Å². The van der Waals surface area contributed by atoms with Crippen molar-refractivity contribution in [1.82, 2.24) is 9.88 Å². The van der Waals surface area contributed by atoms with Crippen LogP contribution >= 0.6 is 0 Å². The van der Waals surface area contributed by atoms with Crippen molar-refractivity contribution in [2.75, 3.05) is 32.1 Å². The minimum absolute atomic E-state index is 0.194. The van der Waals surface area contributed by atoms with Gasteiger partial charge in [-0.25, -0.2) is 9.37 Å². The fourth-order valence-corrected chi connectivity index (χ4v) is 2.13. The van der Waals surface area contributed by atoms with Crippen LogP contribution in [0.5, 0.6) is 0 Å². The van der Waals surface area contributed by atoms with Gasteiger partial charge >= 0.3 is 0 Å². The number of halogens is 1. The molecular weight excluding hydrogens is 231 g/mol. The fourth-order valence-electron chi connectivity index (χ4n) is 2.13. The van der Waals surface area contributed by atoms with Gasteiger partial charge in [-0.1, -0.05) is 0 Å². The molecule has 0 fully saturated rings. The monoisotopic (exact) mass is 254 g/mol. The molecule has 0 bridgehead atoms. The molecule has 1 atom stereocenters. The van der Waals surface area contributed by atoms with Gasteiger partial charge in [0.25, 0.3) is 0 Å². The lowest BCUT2D eigenvalue weighted by molar-refractivity contribution is 0.370. The van der Waals surface area contributed by atoms with Crippen molar-refractivity contribution in [3.8, 4) is 0 Å². The average Bonchev–Trinajstić information content (AvgIpc) is 2.31. The summed E-state index contributed by atoms with van der Waals surface area (Å²) in [5.74, 6) is 0.0993. The molecule has 18 heavy (non-hydrogen) atoms. The highest BCUT2D eigenvalue weighted by Crippen LogP contribution is 2.21. The zero-order valence-corrected chi connectivity index (χ0v) is 11.7. The maximum atomic E-state index is 14.2. The summed E-state index contributed by atoms with van der Waals surface area (Å²) in [6.45, 7) is 5.83. The average molecular weight is 254 g/mol. The van der Waals surface area contributed by atoms with Crippen molar-refractivity contribution in [2.45, 2.75) is 26.4 Å². The quantitative estimate of drug-likeness (QED) is 0.834. The van der Waals surface area contributed by atoms with Crippen molar-refractivity contribution < 1.29 is 4.39 Å². The summed E-state index contributed by atoms with van der Waals surface area (Å²) >= 11 is 0. The number of aromatic nitrogens is 1. The Morgan fingerprint density at radius 1 is 1.44 bits per heavy atom. The van der Waals surface area contributed by atoms with Crippen molar-refractivity contribution in [2.24, 2.45) is 5.73 Å². The fraction of sp³-hybridized carbons (Fsp3) is 0.615. The summed E-state index contributed by atoms with van der Waals surface area (Å²) < 4.78 is 14.2. The van der Waals surface area contributed by atoms with E-state index in [1.165, 1.54) is 0 Å². The standard InChI is InChI=1S/C13H23FN4/c1-5-18(10(2)9-17(3)4)13-12(14)11(8-15)6-7-16-13/h6-7,10H,5,8-9,15H2,1-4H3. The van der Waals surface area contributed by atoms with Crippen LogP contribution in [0.15, 0.2) is 12.3 Å². The first-order valence-electron chi connectivity index (χ1n) is 6.26. The number of rotatable bonds is 6. The molecule has 2 N–H and O–H groups in total. The maximum Gasteiger partial charge on any atom is 0.170 e. The number of hydrogen-bond donors (Lipinski definition) is 1. The normalized spacial score (nSPS) is 12.8. The number of anilines is 1. The van der Waals surface area contributed by atoms with E-state index in [9.17, 15) is 4.39 Å². The van der Waals surface area contributed by atoms with Gasteiger partial charge in [-0.15, -0.1) is 0 Å². The number of nitrogens with two attached hydrogens (primary N) is 1. The SMILES string of the molecule is CCN(c1nccc(CN)c1F)C(C)CN(C)C. The Bertz CT molecular complexity index is 381. The van der Waals surface area contributed by atoms with Crippen LogP contribution in [0, 0.1) is 5.82 Å². The van der Waals surface area contributed by atoms with Crippen molar-refractivity contribution >= 4 is 5.82 Å². The Labute approximate surface area is 109 Å². The molecule has 1 aromatic rings. The summed E-state index contributed by atoms with van der Waals surface area (Å²) in [7, 11) is 4.01. The molecule has 5 heteroatoms. The van der Waals surface area contributed by atoms with Crippen LogP contribution in [-0.4, -0.2) is 43.1 Å². The third-order valence-corrected chi connectivity index (χ3v) is 2.94. The predicted molar refractivity (Wildman–Crippen MR) is 73.1 cm³/mol. The lowest BCUT2D eigenvalue weighted by Gasteiger charge is -2.31. The van der Waals surface area contributed by atoms with Crippen LogP contribution in [0.2, 0.25) is 0 Å². The zero-order valence-electron chi connectivity index (χ0n) is 11.7. The first-order valence-corrected chi connectivity index (χ1v) is 6.26. The summed E-state index contributed by atoms with van der Waals surface area (Å²) in [6, 6.07) is 1.82.